The first-order valence-electron chi connectivity index (χ1n) is 10.1. The third kappa shape index (κ3) is 3.75. The van der Waals surface area contributed by atoms with Gasteiger partial charge in [-0.25, -0.2) is 0 Å². The lowest BCUT2D eigenvalue weighted by atomic mass is 10.1. The fraction of sp³-hybridized carbons (Fsp3) is 0.391. The highest BCUT2D eigenvalue weighted by Crippen LogP contribution is 2.27. The second-order valence-electron chi connectivity index (χ2n) is 7.57. The van der Waals surface area contributed by atoms with Crippen LogP contribution >= 0.6 is 0 Å². The first-order valence-corrected chi connectivity index (χ1v) is 10.1. The molecule has 0 unspecified atom stereocenters. The molecule has 2 aliphatic rings. The molecule has 2 aromatic rings. The van der Waals surface area contributed by atoms with Crippen LogP contribution in [0.25, 0.3) is 0 Å². The molecule has 0 N–H and O–H groups in total. The maximum atomic E-state index is 13.0. The number of carbonyl (C=O) groups excluding carboxylic acids is 2. The zero-order valence-electron chi connectivity index (χ0n) is 16.4. The van der Waals surface area contributed by atoms with Crippen molar-refractivity contribution in [2.75, 3.05) is 42.5 Å². The molecule has 0 bridgehead atoms. The fourth-order valence-corrected chi connectivity index (χ4v) is 4.12. The van der Waals surface area contributed by atoms with E-state index >= 15 is 0 Å². The summed E-state index contributed by atoms with van der Waals surface area (Å²) in [6.45, 7) is 5.69. The molecule has 5 nitrogen and oxygen atoms in total. The molecule has 2 saturated heterocycles. The van der Waals surface area contributed by atoms with Gasteiger partial charge < -0.3 is 14.7 Å². The monoisotopic (exact) mass is 377 g/mol. The van der Waals surface area contributed by atoms with Crippen LogP contribution in [0.2, 0.25) is 0 Å². The number of carbonyl (C=O) groups is 2. The van der Waals surface area contributed by atoms with Crippen molar-refractivity contribution < 1.29 is 9.59 Å². The minimum Gasteiger partial charge on any atom is -0.368 e. The van der Waals surface area contributed by atoms with Crippen LogP contribution in [-0.4, -0.2) is 49.4 Å². The van der Waals surface area contributed by atoms with Crippen LogP contribution < -0.4 is 9.80 Å². The van der Waals surface area contributed by atoms with E-state index in [2.05, 4.69) is 36.1 Å². The van der Waals surface area contributed by atoms with E-state index < -0.39 is 0 Å². The predicted octanol–water partition coefficient (Wildman–Crippen LogP) is 2.95. The van der Waals surface area contributed by atoms with Gasteiger partial charge in [-0.3, -0.25) is 9.59 Å². The lowest BCUT2D eigenvalue weighted by Gasteiger charge is -2.37. The van der Waals surface area contributed by atoms with Crippen molar-refractivity contribution in [2.45, 2.75) is 19.8 Å². The number of benzene rings is 2. The van der Waals surface area contributed by atoms with Crippen LogP contribution in [0.3, 0.4) is 0 Å². The quantitative estimate of drug-likeness (QED) is 0.823. The lowest BCUT2D eigenvalue weighted by molar-refractivity contribution is -0.136. The molecule has 0 aromatic heterocycles. The van der Waals surface area contributed by atoms with Crippen LogP contribution in [-0.2, 0) is 16.0 Å². The number of hydrogen-bond acceptors (Lipinski definition) is 3. The molecule has 2 aromatic carbocycles. The average Bonchev–Trinajstić information content (AvgIpc) is 3.15. The van der Waals surface area contributed by atoms with E-state index in [1.165, 1.54) is 11.3 Å². The van der Waals surface area contributed by atoms with Crippen LogP contribution in [0.15, 0.2) is 54.6 Å². The van der Waals surface area contributed by atoms with E-state index in [-0.39, 0.29) is 17.7 Å². The molecule has 2 heterocycles. The third-order valence-corrected chi connectivity index (χ3v) is 5.84. The van der Waals surface area contributed by atoms with Crippen LogP contribution in [0.4, 0.5) is 11.4 Å². The van der Waals surface area contributed by atoms with Gasteiger partial charge in [-0.15, -0.1) is 0 Å². The van der Waals surface area contributed by atoms with Crippen LogP contribution in [0, 0.1) is 5.92 Å². The van der Waals surface area contributed by atoms with Crippen molar-refractivity contribution in [3.63, 3.8) is 0 Å². The maximum absolute atomic E-state index is 13.0. The Labute approximate surface area is 166 Å². The van der Waals surface area contributed by atoms with Gasteiger partial charge in [0.2, 0.25) is 11.8 Å². The minimum atomic E-state index is -0.235. The largest absolute Gasteiger partial charge is 0.368 e. The molecule has 4 rings (SSSR count). The van der Waals surface area contributed by atoms with Gasteiger partial charge in [0.25, 0.3) is 0 Å². The summed E-state index contributed by atoms with van der Waals surface area (Å²) in [5.74, 6) is -0.0686. The van der Waals surface area contributed by atoms with Crippen molar-refractivity contribution >= 4 is 23.2 Å². The number of anilines is 2. The molecule has 2 fully saturated rings. The lowest BCUT2D eigenvalue weighted by Crippen LogP contribution is -2.50. The minimum absolute atomic E-state index is 0.0468. The molecule has 5 heteroatoms. The Kier molecular flexibility index (Phi) is 5.33. The Morgan fingerprint density at radius 1 is 0.929 bits per heavy atom. The van der Waals surface area contributed by atoms with E-state index in [1.54, 1.807) is 4.90 Å². The van der Waals surface area contributed by atoms with E-state index in [4.69, 9.17) is 0 Å². The Morgan fingerprint density at radius 2 is 1.61 bits per heavy atom. The Hall–Kier alpha value is -2.82. The van der Waals surface area contributed by atoms with E-state index in [0.717, 1.165) is 25.2 Å². The maximum Gasteiger partial charge on any atom is 0.228 e. The second kappa shape index (κ2) is 8.05. The van der Waals surface area contributed by atoms with Gasteiger partial charge in [0, 0.05) is 50.5 Å². The molecule has 2 amide bonds. The molecule has 28 heavy (non-hydrogen) atoms. The van der Waals surface area contributed by atoms with Gasteiger partial charge >= 0.3 is 0 Å². The highest BCUT2D eigenvalue weighted by molar-refractivity contribution is 6.00. The van der Waals surface area contributed by atoms with Gasteiger partial charge in [-0.05, 0) is 36.2 Å². The van der Waals surface area contributed by atoms with Gasteiger partial charge in [-0.1, -0.05) is 37.3 Å². The average molecular weight is 377 g/mol. The SMILES string of the molecule is CCc1ccc(N2C[C@@H](C(=O)N3CCN(c4ccccc4)CC3)CC2=O)cc1. The number of aryl methyl sites for hydroxylation is 1. The number of rotatable bonds is 4. The molecule has 146 valence electrons. The molecule has 0 spiro atoms. The molecule has 0 saturated carbocycles. The Bertz CT molecular complexity index is 827. The Morgan fingerprint density at radius 3 is 2.25 bits per heavy atom. The molecule has 1 atom stereocenters. The van der Waals surface area contributed by atoms with E-state index in [0.29, 0.717) is 26.1 Å². The van der Waals surface area contributed by atoms with Crippen molar-refractivity contribution in [3.8, 4) is 0 Å². The molecular weight excluding hydrogens is 350 g/mol. The van der Waals surface area contributed by atoms with E-state index in [9.17, 15) is 9.59 Å². The number of amides is 2. The molecule has 0 aliphatic carbocycles. The number of para-hydroxylation sites is 1. The first kappa shape index (κ1) is 18.5. The second-order valence-corrected chi connectivity index (χ2v) is 7.57. The number of nitrogens with zero attached hydrogens (tertiary/aromatic N) is 3. The molecule has 0 radical (unpaired) electrons. The van der Waals surface area contributed by atoms with E-state index in [1.807, 2.05) is 35.2 Å². The predicted molar refractivity (Wildman–Crippen MR) is 112 cm³/mol. The number of piperazine rings is 1. The first-order chi connectivity index (χ1) is 13.7. The van der Waals surface area contributed by atoms with Crippen LogP contribution in [0.1, 0.15) is 18.9 Å². The normalized spacial score (nSPS) is 20.0. The van der Waals surface area contributed by atoms with Crippen LogP contribution in [0.5, 0.6) is 0 Å². The van der Waals surface area contributed by atoms with Gasteiger partial charge in [0.15, 0.2) is 0 Å². The van der Waals surface area contributed by atoms with Gasteiger partial charge in [0.1, 0.15) is 0 Å². The van der Waals surface area contributed by atoms with Crippen molar-refractivity contribution in [2.24, 2.45) is 5.92 Å². The smallest absolute Gasteiger partial charge is 0.228 e. The summed E-state index contributed by atoms with van der Waals surface area (Å²) in [5, 5.41) is 0. The highest BCUT2D eigenvalue weighted by Gasteiger charge is 2.37. The fourth-order valence-electron chi connectivity index (χ4n) is 4.12. The summed E-state index contributed by atoms with van der Waals surface area (Å²) in [5.41, 5.74) is 3.35. The Balaban J connectivity index is 1.36. The molecule has 2 aliphatic heterocycles. The van der Waals surface area contributed by atoms with Crippen molar-refractivity contribution in [3.05, 3.63) is 60.2 Å². The van der Waals surface area contributed by atoms with Crippen molar-refractivity contribution in [1.82, 2.24) is 4.90 Å². The molecular formula is C23H27N3O2. The standard InChI is InChI=1S/C23H27N3O2/c1-2-18-8-10-21(11-9-18)26-17-19(16-22(26)27)23(28)25-14-12-24(13-15-25)20-6-4-3-5-7-20/h3-11,19H,2,12-17H2,1H3/t19-/m0/s1. The summed E-state index contributed by atoms with van der Waals surface area (Å²) >= 11 is 0. The van der Waals surface area contributed by atoms with Gasteiger partial charge in [-0.2, -0.15) is 0 Å². The highest BCUT2D eigenvalue weighted by atomic mass is 16.2. The number of hydrogen-bond donors (Lipinski definition) is 0. The van der Waals surface area contributed by atoms with Gasteiger partial charge in [0.05, 0.1) is 5.92 Å². The summed E-state index contributed by atoms with van der Waals surface area (Å²) in [4.78, 5) is 31.5. The third-order valence-electron chi connectivity index (χ3n) is 5.84. The van der Waals surface area contributed by atoms with Crippen molar-refractivity contribution in [1.29, 1.82) is 0 Å². The zero-order chi connectivity index (χ0) is 19.5. The summed E-state index contributed by atoms with van der Waals surface area (Å²) in [6.07, 6.45) is 1.29. The summed E-state index contributed by atoms with van der Waals surface area (Å²) in [7, 11) is 0. The topological polar surface area (TPSA) is 43.9 Å². The zero-order valence-corrected chi connectivity index (χ0v) is 16.4. The summed E-state index contributed by atoms with van der Waals surface area (Å²) in [6, 6.07) is 18.4. The summed E-state index contributed by atoms with van der Waals surface area (Å²) < 4.78 is 0.